The van der Waals surface area contributed by atoms with Gasteiger partial charge in [-0.25, -0.2) is 0 Å². The van der Waals surface area contributed by atoms with Crippen molar-refractivity contribution in [3.05, 3.63) is 53.3 Å². The Balaban J connectivity index is 2.20. The van der Waals surface area contributed by atoms with E-state index in [0.717, 1.165) is 4.90 Å². The van der Waals surface area contributed by atoms with Crippen LogP contribution in [0.1, 0.15) is 16.8 Å². The van der Waals surface area contributed by atoms with Gasteiger partial charge in [-0.1, -0.05) is 34.6 Å². The Hall–Kier alpha value is -2.01. The Labute approximate surface area is 116 Å². The second-order valence-corrected chi connectivity index (χ2v) is 5.35. The average molecular weight is 273 g/mol. The molecule has 0 radical (unpaired) electrons. The van der Waals surface area contributed by atoms with Crippen LogP contribution in [0.5, 0.6) is 0 Å². The predicted octanol–water partition coefficient (Wildman–Crippen LogP) is 2.94. The second-order valence-electron chi connectivity index (χ2n) is 4.24. The molecule has 3 N–H and O–H groups in total. The average Bonchev–Trinajstić information content (AvgIpc) is 2.42. The SMILES string of the molecule is Cc1ccc(Sc2ccc(/C(N)=N/O)nc2)c(C)c1. The summed E-state index contributed by atoms with van der Waals surface area (Å²) in [6, 6.07) is 9.99. The van der Waals surface area contributed by atoms with Crippen molar-refractivity contribution in [3.63, 3.8) is 0 Å². The summed E-state index contributed by atoms with van der Waals surface area (Å²) in [7, 11) is 0. The van der Waals surface area contributed by atoms with Crippen LogP contribution >= 0.6 is 11.8 Å². The maximum atomic E-state index is 8.57. The van der Waals surface area contributed by atoms with Crippen molar-refractivity contribution in [1.29, 1.82) is 0 Å². The van der Waals surface area contributed by atoms with Gasteiger partial charge in [0.2, 0.25) is 0 Å². The molecule has 0 unspecified atom stereocenters. The van der Waals surface area contributed by atoms with E-state index < -0.39 is 0 Å². The van der Waals surface area contributed by atoms with Crippen LogP contribution in [0, 0.1) is 13.8 Å². The molecule has 0 spiro atoms. The van der Waals surface area contributed by atoms with E-state index in [1.54, 1.807) is 24.0 Å². The van der Waals surface area contributed by atoms with Gasteiger partial charge in [-0.15, -0.1) is 0 Å². The Kier molecular flexibility index (Phi) is 4.06. The van der Waals surface area contributed by atoms with Crippen LogP contribution in [0.3, 0.4) is 0 Å². The summed E-state index contributed by atoms with van der Waals surface area (Å²) in [5.41, 5.74) is 8.43. The van der Waals surface area contributed by atoms with Gasteiger partial charge in [0.25, 0.3) is 0 Å². The van der Waals surface area contributed by atoms with E-state index >= 15 is 0 Å². The molecule has 2 rings (SSSR count). The number of aryl methyl sites for hydroxylation is 2. The molecule has 0 fully saturated rings. The molecule has 98 valence electrons. The number of hydrogen-bond donors (Lipinski definition) is 2. The number of amidine groups is 1. The molecule has 0 aliphatic heterocycles. The molecule has 0 atom stereocenters. The minimum absolute atomic E-state index is 0.0167. The summed E-state index contributed by atoms with van der Waals surface area (Å²) in [6.45, 7) is 4.17. The largest absolute Gasteiger partial charge is 0.409 e. The molecule has 0 amide bonds. The van der Waals surface area contributed by atoms with Crippen molar-refractivity contribution in [2.75, 3.05) is 0 Å². The van der Waals surface area contributed by atoms with Gasteiger partial charge in [0.05, 0.1) is 0 Å². The normalized spacial score (nSPS) is 11.6. The fraction of sp³-hybridized carbons (Fsp3) is 0.143. The summed E-state index contributed by atoms with van der Waals surface area (Å²) in [4.78, 5) is 6.37. The molecule has 19 heavy (non-hydrogen) atoms. The lowest BCUT2D eigenvalue weighted by atomic mass is 10.2. The summed E-state index contributed by atoms with van der Waals surface area (Å²) in [6.07, 6.45) is 1.72. The number of pyridine rings is 1. The number of rotatable bonds is 3. The smallest absolute Gasteiger partial charge is 0.188 e. The highest BCUT2D eigenvalue weighted by atomic mass is 32.2. The van der Waals surface area contributed by atoms with Crippen LogP contribution in [-0.2, 0) is 0 Å². The van der Waals surface area contributed by atoms with Gasteiger partial charge in [0.1, 0.15) is 5.69 Å². The number of nitrogens with zero attached hydrogens (tertiary/aromatic N) is 2. The molecule has 4 nitrogen and oxygen atoms in total. The third kappa shape index (κ3) is 3.26. The number of aromatic nitrogens is 1. The molecular weight excluding hydrogens is 258 g/mol. The molecule has 2 aromatic rings. The van der Waals surface area contributed by atoms with Crippen molar-refractivity contribution in [2.24, 2.45) is 10.9 Å². The molecule has 5 heteroatoms. The lowest BCUT2D eigenvalue weighted by Gasteiger charge is -2.06. The molecule has 1 aromatic carbocycles. The highest BCUT2D eigenvalue weighted by molar-refractivity contribution is 7.99. The zero-order chi connectivity index (χ0) is 13.8. The first-order valence-corrected chi connectivity index (χ1v) is 6.61. The second kappa shape index (κ2) is 5.75. The first-order valence-electron chi connectivity index (χ1n) is 5.79. The van der Waals surface area contributed by atoms with E-state index in [4.69, 9.17) is 10.9 Å². The van der Waals surface area contributed by atoms with E-state index in [2.05, 4.69) is 42.2 Å². The fourth-order valence-electron chi connectivity index (χ4n) is 1.68. The molecule has 0 aliphatic rings. The lowest BCUT2D eigenvalue weighted by molar-refractivity contribution is 0.318. The van der Waals surface area contributed by atoms with Gasteiger partial charge in [0, 0.05) is 16.0 Å². The van der Waals surface area contributed by atoms with Crippen LogP contribution in [-0.4, -0.2) is 16.0 Å². The number of benzene rings is 1. The third-order valence-corrected chi connectivity index (χ3v) is 3.82. The number of nitrogens with two attached hydrogens (primary N) is 1. The van der Waals surface area contributed by atoms with Gasteiger partial charge in [-0.05, 0) is 37.6 Å². The lowest BCUT2D eigenvalue weighted by Crippen LogP contribution is -2.14. The summed E-state index contributed by atoms with van der Waals surface area (Å²) < 4.78 is 0. The van der Waals surface area contributed by atoms with Crippen LogP contribution in [0.4, 0.5) is 0 Å². The standard InChI is InChI=1S/C14H15N3OS/c1-9-3-6-13(10(2)7-9)19-11-4-5-12(16-8-11)14(15)17-18/h3-8,18H,1-2H3,(H2,15,17). The van der Waals surface area contributed by atoms with Gasteiger partial charge in [-0.2, -0.15) is 0 Å². The molecular formula is C14H15N3OS. The van der Waals surface area contributed by atoms with E-state index in [9.17, 15) is 0 Å². The third-order valence-electron chi connectivity index (χ3n) is 2.66. The summed E-state index contributed by atoms with van der Waals surface area (Å²) >= 11 is 1.65. The predicted molar refractivity (Wildman–Crippen MR) is 76.8 cm³/mol. The van der Waals surface area contributed by atoms with Crippen molar-refractivity contribution in [2.45, 2.75) is 23.6 Å². The van der Waals surface area contributed by atoms with Gasteiger partial charge in [-0.3, -0.25) is 4.98 Å². The minimum atomic E-state index is 0.0167. The van der Waals surface area contributed by atoms with Gasteiger partial charge in [0.15, 0.2) is 5.84 Å². The fourth-order valence-corrected chi connectivity index (χ4v) is 2.54. The molecule has 0 bridgehead atoms. The highest BCUT2D eigenvalue weighted by Gasteiger charge is 2.04. The van der Waals surface area contributed by atoms with E-state index in [1.807, 2.05) is 6.07 Å². The van der Waals surface area contributed by atoms with Crippen LogP contribution in [0.25, 0.3) is 0 Å². The van der Waals surface area contributed by atoms with Gasteiger partial charge < -0.3 is 10.9 Å². The number of hydrogen-bond acceptors (Lipinski definition) is 4. The zero-order valence-corrected chi connectivity index (χ0v) is 11.6. The van der Waals surface area contributed by atoms with E-state index in [0.29, 0.717) is 5.69 Å². The maximum absolute atomic E-state index is 8.57. The van der Waals surface area contributed by atoms with Crippen molar-refractivity contribution in [3.8, 4) is 0 Å². The Morgan fingerprint density at radius 1 is 1.26 bits per heavy atom. The molecule has 0 aliphatic carbocycles. The Morgan fingerprint density at radius 3 is 2.63 bits per heavy atom. The highest BCUT2D eigenvalue weighted by Crippen LogP contribution is 2.30. The van der Waals surface area contributed by atoms with Crippen molar-refractivity contribution in [1.82, 2.24) is 4.98 Å². The summed E-state index contributed by atoms with van der Waals surface area (Å²) in [5, 5.41) is 11.5. The summed E-state index contributed by atoms with van der Waals surface area (Å²) in [5.74, 6) is 0.0167. The quantitative estimate of drug-likeness (QED) is 0.390. The van der Waals surface area contributed by atoms with Crippen molar-refractivity contribution >= 4 is 17.6 Å². The molecule has 0 saturated heterocycles. The van der Waals surface area contributed by atoms with Crippen LogP contribution in [0.15, 0.2) is 51.5 Å². The first kappa shape index (κ1) is 13.4. The maximum Gasteiger partial charge on any atom is 0.188 e. The minimum Gasteiger partial charge on any atom is -0.409 e. The Morgan fingerprint density at radius 2 is 2.05 bits per heavy atom. The monoisotopic (exact) mass is 273 g/mol. The zero-order valence-electron chi connectivity index (χ0n) is 10.8. The number of oxime groups is 1. The topological polar surface area (TPSA) is 71.5 Å². The molecule has 1 aromatic heterocycles. The van der Waals surface area contributed by atoms with Crippen LogP contribution < -0.4 is 5.73 Å². The van der Waals surface area contributed by atoms with Gasteiger partial charge >= 0.3 is 0 Å². The van der Waals surface area contributed by atoms with E-state index in [1.165, 1.54) is 16.0 Å². The van der Waals surface area contributed by atoms with E-state index in [-0.39, 0.29) is 5.84 Å². The molecule has 0 saturated carbocycles. The first-order chi connectivity index (χ1) is 9.10. The van der Waals surface area contributed by atoms with Crippen LogP contribution in [0.2, 0.25) is 0 Å². The molecule has 1 heterocycles. The van der Waals surface area contributed by atoms with Crippen molar-refractivity contribution < 1.29 is 5.21 Å². The Bertz CT molecular complexity index is 609.